The topological polar surface area (TPSA) is 20.3 Å². The first-order valence-electron chi connectivity index (χ1n) is 5.83. The van der Waals surface area contributed by atoms with E-state index in [1.807, 2.05) is 36.4 Å². The molecule has 0 aliphatic heterocycles. The number of carbonyl (C=O) groups excluding carboxylic acids is 1. The summed E-state index contributed by atoms with van der Waals surface area (Å²) in [7, 11) is 0. The fourth-order valence-corrected chi connectivity index (χ4v) is 1.98. The van der Waals surface area contributed by atoms with E-state index in [-0.39, 0.29) is 5.78 Å². The van der Waals surface area contributed by atoms with E-state index in [9.17, 15) is 4.79 Å². The van der Waals surface area contributed by atoms with Crippen molar-refractivity contribution < 1.29 is 4.79 Å². The Morgan fingerprint density at radius 1 is 1.24 bits per heavy atom. The van der Waals surface area contributed by atoms with Crippen LogP contribution in [0.5, 0.6) is 0 Å². The van der Waals surface area contributed by atoms with Gasteiger partial charge in [-0.25, -0.2) is 0 Å². The molecular formula is C14H18BrNO. The number of carbonyl (C=O) groups is 1. The van der Waals surface area contributed by atoms with E-state index >= 15 is 0 Å². The van der Waals surface area contributed by atoms with Gasteiger partial charge in [0.15, 0.2) is 5.78 Å². The SMILES string of the molecule is CCN(CC)C(=Cc1ccccc1)C(=O)CBr. The summed E-state index contributed by atoms with van der Waals surface area (Å²) in [5.74, 6) is 0.123. The Labute approximate surface area is 111 Å². The van der Waals surface area contributed by atoms with Gasteiger partial charge in [-0.2, -0.15) is 0 Å². The van der Waals surface area contributed by atoms with Crippen molar-refractivity contribution in [3.63, 3.8) is 0 Å². The minimum absolute atomic E-state index is 0.123. The maximum Gasteiger partial charge on any atom is 0.189 e. The number of rotatable bonds is 6. The highest BCUT2D eigenvalue weighted by molar-refractivity contribution is 9.09. The van der Waals surface area contributed by atoms with Gasteiger partial charge < -0.3 is 4.90 Å². The van der Waals surface area contributed by atoms with Gasteiger partial charge in [-0.15, -0.1) is 0 Å². The van der Waals surface area contributed by atoms with Crippen LogP contribution in [0.1, 0.15) is 19.4 Å². The van der Waals surface area contributed by atoms with Gasteiger partial charge in [-0.1, -0.05) is 46.3 Å². The fourth-order valence-electron chi connectivity index (χ4n) is 1.69. The largest absolute Gasteiger partial charge is 0.369 e. The molecule has 2 nitrogen and oxygen atoms in total. The Hall–Kier alpha value is -1.09. The predicted octanol–water partition coefficient (Wildman–Crippen LogP) is 3.33. The number of likely N-dealkylation sites (N-methyl/N-ethyl adjacent to an activating group) is 1. The lowest BCUT2D eigenvalue weighted by Gasteiger charge is -2.23. The Morgan fingerprint density at radius 2 is 1.82 bits per heavy atom. The molecule has 0 aliphatic carbocycles. The molecule has 1 aromatic rings. The summed E-state index contributed by atoms with van der Waals surface area (Å²) in [6, 6.07) is 9.94. The summed E-state index contributed by atoms with van der Waals surface area (Å²) in [6.45, 7) is 5.80. The Balaban J connectivity index is 3.06. The second-order valence-electron chi connectivity index (χ2n) is 3.67. The molecule has 0 amide bonds. The number of Topliss-reactive ketones (excluding diaryl/α,β-unsaturated/α-hetero) is 1. The second kappa shape index (κ2) is 7.28. The highest BCUT2D eigenvalue weighted by Crippen LogP contribution is 2.13. The van der Waals surface area contributed by atoms with Crippen LogP contribution in [0.4, 0.5) is 0 Å². The zero-order valence-electron chi connectivity index (χ0n) is 10.3. The standard InChI is InChI=1S/C14H18BrNO/c1-3-16(4-2)13(14(17)11-15)10-12-8-6-5-7-9-12/h5-10H,3-4,11H2,1-2H3. The monoisotopic (exact) mass is 295 g/mol. The quantitative estimate of drug-likeness (QED) is 0.593. The maximum absolute atomic E-state index is 11.9. The minimum atomic E-state index is 0.123. The van der Waals surface area contributed by atoms with E-state index in [1.165, 1.54) is 0 Å². The first kappa shape index (κ1) is 14.0. The highest BCUT2D eigenvalue weighted by atomic mass is 79.9. The lowest BCUT2D eigenvalue weighted by atomic mass is 10.1. The number of nitrogens with zero attached hydrogens (tertiary/aromatic N) is 1. The summed E-state index contributed by atoms with van der Waals surface area (Å²) >= 11 is 3.24. The number of hydrogen-bond acceptors (Lipinski definition) is 2. The van der Waals surface area contributed by atoms with Crippen LogP contribution in [0.2, 0.25) is 0 Å². The molecule has 17 heavy (non-hydrogen) atoms. The average molecular weight is 296 g/mol. The van der Waals surface area contributed by atoms with Gasteiger partial charge in [-0.3, -0.25) is 4.79 Å². The number of benzene rings is 1. The van der Waals surface area contributed by atoms with Gasteiger partial charge >= 0.3 is 0 Å². The first-order valence-corrected chi connectivity index (χ1v) is 6.95. The molecule has 1 rings (SSSR count). The Bertz CT molecular complexity index is 382. The molecule has 0 N–H and O–H groups in total. The number of hydrogen-bond donors (Lipinski definition) is 0. The Kier molecular flexibility index (Phi) is 5.98. The van der Waals surface area contributed by atoms with Gasteiger partial charge in [0.2, 0.25) is 0 Å². The van der Waals surface area contributed by atoms with Gasteiger partial charge in [-0.05, 0) is 25.5 Å². The summed E-state index contributed by atoms with van der Waals surface area (Å²) in [5, 5.41) is 0.363. The molecular weight excluding hydrogens is 278 g/mol. The molecule has 0 fully saturated rings. The van der Waals surface area contributed by atoms with Crippen molar-refractivity contribution in [3.8, 4) is 0 Å². The van der Waals surface area contributed by atoms with E-state index < -0.39 is 0 Å². The first-order chi connectivity index (χ1) is 8.22. The van der Waals surface area contributed by atoms with E-state index in [2.05, 4.69) is 34.7 Å². The molecule has 0 bridgehead atoms. The van der Waals surface area contributed by atoms with Crippen LogP contribution in [-0.2, 0) is 4.79 Å². The van der Waals surface area contributed by atoms with Crippen molar-refractivity contribution in [2.45, 2.75) is 13.8 Å². The van der Waals surface area contributed by atoms with Crippen molar-refractivity contribution in [3.05, 3.63) is 41.6 Å². The minimum Gasteiger partial charge on any atom is -0.369 e. The second-order valence-corrected chi connectivity index (χ2v) is 4.23. The third-order valence-electron chi connectivity index (χ3n) is 2.61. The van der Waals surface area contributed by atoms with Gasteiger partial charge in [0.25, 0.3) is 0 Å². The van der Waals surface area contributed by atoms with E-state index in [1.54, 1.807) is 0 Å². The lowest BCUT2D eigenvalue weighted by Crippen LogP contribution is -2.27. The molecule has 0 unspecified atom stereocenters. The summed E-state index contributed by atoms with van der Waals surface area (Å²) < 4.78 is 0. The molecule has 92 valence electrons. The van der Waals surface area contributed by atoms with Gasteiger partial charge in [0, 0.05) is 13.1 Å². The third-order valence-corrected chi connectivity index (χ3v) is 3.12. The zero-order chi connectivity index (χ0) is 12.7. The molecule has 0 atom stereocenters. The molecule has 0 saturated heterocycles. The lowest BCUT2D eigenvalue weighted by molar-refractivity contribution is -0.114. The van der Waals surface area contributed by atoms with Crippen LogP contribution in [0.25, 0.3) is 6.08 Å². The molecule has 0 spiro atoms. The normalized spacial score (nSPS) is 11.4. The molecule has 3 heteroatoms. The molecule has 0 aromatic heterocycles. The summed E-state index contributed by atoms with van der Waals surface area (Å²) in [4.78, 5) is 14.0. The van der Waals surface area contributed by atoms with Crippen LogP contribution < -0.4 is 0 Å². The number of allylic oxidation sites excluding steroid dienone is 1. The number of halogens is 1. The van der Waals surface area contributed by atoms with Crippen LogP contribution in [0, 0.1) is 0 Å². The van der Waals surface area contributed by atoms with Gasteiger partial charge in [0.1, 0.15) is 0 Å². The smallest absolute Gasteiger partial charge is 0.189 e. The Morgan fingerprint density at radius 3 is 2.29 bits per heavy atom. The zero-order valence-corrected chi connectivity index (χ0v) is 11.9. The fraction of sp³-hybridized carbons (Fsp3) is 0.357. The van der Waals surface area contributed by atoms with Crippen molar-refractivity contribution in [2.24, 2.45) is 0 Å². The van der Waals surface area contributed by atoms with E-state index in [0.29, 0.717) is 5.33 Å². The van der Waals surface area contributed by atoms with Crippen molar-refractivity contribution in [1.82, 2.24) is 4.90 Å². The summed E-state index contributed by atoms with van der Waals surface area (Å²) in [6.07, 6.45) is 1.95. The number of ketones is 1. The van der Waals surface area contributed by atoms with Crippen LogP contribution in [0.15, 0.2) is 36.0 Å². The van der Waals surface area contributed by atoms with E-state index in [4.69, 9.17) is 0 Å². The van der Waals surface area contributed by atoms with Crippen molar-refractivity contribution in [2.75, 3.05) is 18.4 Å². The van der Waals surface area contributed by atoms with Crippen LogP contribution in [0.3, 0.4) is 0 Å². The van der Waals surface area contributed by atoms with E-state index in [0.717, 1.165) is 24.4 Å². The predicted molar refractivity (Wildman–Crippen MR) is 76.1 cm³/mol. The number of alkyl halides is 1. The molecule has 0 aliphatic rings. The molecule has 0 radical (unpaired) electrons. The maximum atomic E-state index is 11.9. The van der Waals surface area contributed by atoms with Crippen LogP contribution in [-0.4, -0.2) is 29.1 Å². The third kappa shape index (κ3) is 4.00. The summed E-state index contributed by atoms with van der Waals surface area (Å²) in [5.41, 5.74) is 1.83. The average Bonchev–Trinajstić information content (AvgIpc) is 2.39. The van der Waals surface area contributed by atoms with Crippen LogP contribution >= 0.6 is 15.9 Å². The molecule has 0 heterocycles. The molecule has 1 aromatic carbocycles. The highest BCUT2D eigenvalue weighted by Gasteiger charge is 2.13. The molecule has 0 saturated carbocycles. The van der Waals surface area contributed by atoms with Crippen molar-refractivity contribution >= 4 is 27.8 Å². The van der Waals surface area contributed by atoms with Crippen molar-refractivity contribution in [1.29, 1.82) is 0 Å². The van der Waals surface area contributed by atoms with Gasteiger partial charge in [0.05, 0.1) is 11.0 Å².